The van der Waals surface area contributed by atoms with E-state index in [0.29, 0.717) is 29.8 Å². The summed E-state index contributed by atoms with van der Waals surface area (Å²) in [4.78, 5) is 8.58. The fourth-order valence-corrected chi connectivity index (χ4v) is 2.53. The maximum absolute atomic E-state index is 12.1. The minimum absolute atomic E-state index is 0. The van der Waals surface area contributed by atoms with Crippen LogP contribution in [0.2, 0.25) is 5.15 Å². The van der Waals surface area contributed by atoms with Gasteiger partial charge in [0.05, 0.1) is 13.2 Å². The second-order valence-corrected chi connectivity index (χ2v) is 6.67. The van der Waals surface area contributed by atoms with Crippen LogP contribution in [0.15, 0.2) is 47.6 Å². The van der Waals surface area contributed by atoms with Crippen LogP contribution in [0.3, 0.4) is 0 Å². The van der Waals surface area contributed by atoms with E-state index in [1.54, 1.807) is 24.4 Å². The van der Waals surface area contributed by atoms with E-state index in [2.05, 4.69) is 25.3 Å². The number of benzene rings is 1. The predicted molar refractivity (Wildman–Crippen MR) is 123 cm³/mol. The molecule has 1 heterocycles. The minimum Gasteiger partial charge on any atom is -0.367 e. The van der Waals surface area contributed by atoms with Crippen molar-refractivity contribution in [2.75, 3.05) is 19.7 Å². The zero-order valence-electron chi connectivity index (χ0n) is 16.5. The standard InChI is InChI=1S/C20H24ClF3N4O.HI/c1-2-25-19(26-10-9-16-7-8-18(21)27-11-16)28-12-15-3-5-17(6-4-15)13-29-14-20(22,23)24;/h3-8,11H,2,9-10,12-14H2,1H3,(H2,25,26,28);1H. The molecule has 0 fully saturated rings. The first-order valence-corrected chi connectivity index (χ1v) is 9.58. The Balaban J connectivity index is 0.00000450. The SMILES string of the molecule is CCNC(=NCc1ccc(COCC(F)(F)F)cc1)NCCc1ccc(Cl)nc1.I. The fraction of sp³-hybridized carbons (Fsp3) is 0.400. The molecule has 0 atom stereocenters. The number of pyridine rings is 1. The highest BCUT2D eigenvalue weighted by atomic mass is 127. The zero-order valence-corrected chi connectivity index (χ0v) is 19.6. The summed E-state index contributed by atoms with van der Waals surface area (Å²) in [6.07, 6.45) is -1.79. The molecule has 166 valence electrons. The van der Waals surface area contributed by atoms with Crippen molar-refractivity contribution in [3.8, 4) is 0 Å². The summed E-state index contributed by atoms with van der Waals surface area (Å²) in [7, 11) is 0. The van der Waals surface area contributed by atoms with Crippen molar-refractivity contribution in [1.82, 2.24) is 15.6 Å². The highest BCUT2D eigenvalue weighted by molar-refractivity contribution is 14.0. The largest absolute Gasteiger partial charge is 0.411 e. The molecule has 2 rings (SSSR count). The van der Waals surface area contributed by atoms with Gasteiger partial charge >= 0.3 is 6.18 Å². The van der Waals surface area contributed by atoms with E-state index < -0.39 is 12.8 Å². The number of aromatic nitrogens is 1. The summed E-state index contributed by atoms with van der Waals surface area (Å²) >= 11 is 5.78. The first-order valence-electron chi connectivity index (χ1n) is 9.20. The molecule has 0 unspecified atom stereocenters. The lowest BCUT2D eigenvalue weighted by molar-refractivity contribution is -0.176. The molecule has 0 saturated heterocycles. The first-order chi connectivity index (χ1) is 13.9. The third-order valence-corrected chi connectivity index (χ3v) is 4.04. The number of hydrogen-bond donors (Lipinski definition) is 2. The number of nitrogens with zero attached hydrogens (tertiary/aromatic N) is 2. The smallest absolute Gasteiger partial charge is 0.367 e. The van der Waals surface area contributed by atoms with Gasteiger partial charge in [-0.1, -0.05) is 41.9 Å². The Kier molecular flexibility index (Phi) is 12.0. The van der Waals surface area contributed by atoms with Crippen molar-refractivity contribution in [2.45, 2.75) is 32.7 Å². The number of alkyl halides is 3. The first kappa shape index (κ1) is 26.4. The van der Waals surface area contributed by atoms with E-state index in [1.807, 2.05) is 25.1 Å². The quantitative estimate of drug-likeness (QED) is 0.203. The Hall–Kier alpha value is -1.59. The van der Waals surface area contributed by atoms with Gasteiger partial charge in [0.25, 0.3) is 0 Å². The van der Waals surface area contributed by atoms with Gasteiger partial charge in [-0.25, -0.2) is 9.98 Å². The van der Waals surface area contributed by atoms with Crippen LogP contribution in [0.5, 0.6) is 0 Å². The maximum Gasteiger partial charge on any atom is 0.411 e. The number of hydrogen-bond acceptors (Lipinski definition) is 3. The van der Waals surface area contributed by atoms with Crippen molar-refractivity contribution in [3.63, 3.8) is 0 Å². The molecule has 0 amide bonds. The number of guanidine groups is 1. The van der Waals surface area contributed by atoms with Gasteiger partial charge in [0.15, 0.2) is 5.96 Å². The third kappa shape index (κ3) is 11.0. The monoisotopic (exact) mass is 556 g/mol. The molecular weight excluding hydrogens is 532 g/mol. The summed E-state index contributed by atoms with van der Waals surface area (Å²) < 4.78 is 41.0. The summed E-state index contributed by atoms with van der Waals surface area (Å²) in [5.41, 5.74) is 2.70. The van der Waals surface area contributed by atoms with Gasteiger partial charge < -0.3 is 15.4 Å². The van der Waals surface area contributed by atoms with Gasteiger partial charge in [-0.15, -0.1) is 24.0 Å². The normalized spacial score (nSPS) is 11.7. The summed E-state index contributed by atoms with van der Waals surface area (Å²) in [6, 6.07) is 10.8. The Morgan fingerprint density at radius 2 is 1.73 bits per heavy atom. The highest BCUT2D eigenvalue weighted by Crippen LogP contribution is 2.16. The Morgan fingerprint density at radius 3 is 2.33 bits per heavy atom. The van der Waals surface area contributed by atoms with Gasteiger partial charge in [0, 0.05) is 19.3 Å². The number of aliphatic imine (C=N–C) groups is 1. The maximum atomic E-state index is 12.1. The van der Waals surface area contributed by atoms with Gasteiger partial charge in [-0.3, -0.25) is 0 Å². The molecule has 1 aromatic heterocycles. The molecule has 0 aliphatic heterocycles. The average molecular weight is 557 g/mol. The summed E-state index contributed by atoms with van der Waals surface area (Å²) in [5.74, 6) is 0.687. The Labute approximate surface area is 196 Å². The third-order valence-electron chi connectivity index (χ3n) is 3.82. The summed E-state index contributed by atoms with van der Waals surface area (Å²) in [6.45, 7) is 2.52. The van der Waals surface area contributed by atoms with E-state index in [1.165, 1.54) is 0 Å². The topological polar surface area (TPSA) is 58.5 Å². The molecule has 10 heteroatoms. The van der Waals surface area contributed by atoms with Crippen LogP contribution < -0.4 is 10.6 Å². The molecule has 0 spiro atoms. The van der Waals surface area contributed by atoms with Gasteiger partial charge in [0.2, 0.25) is 0 Å². The van der Waals surface area contributed by atoms with Crippen LogP contribution in [-0.2, 0) is 24.3 Å². The van der Waals surface area contributed by atoms with Gasteiger partial charge in [-0.2, -0.15) is 13.2 Å². The van der Waals surface area contributed by atoms with E-state index in [-0.39, 0.29) is 30.6 Å². The van der Waals surface area contributed by atoms with Crippen molar-refractivity contribution < 1.29 is 17.9 Å². The second-order valence-electron chi connectivity index (χ2n) is 6.29. The molecule has 1 aromatic carbocycles. The van der Waals surface area contributed by atoms with Crippen LogP contribution in [0.4, 0.5) is 13.2 Å². The lowest BCUT2D eigenvalue weighted by Gasteiger charge is -2.11. The molecule has 2 N–H and O–H groups in total. The van der Waals surface area contributed by atoms with E-state index >= 15 is 0 Å². The molecule has 0 saturated carbocycles. The molecule has 0 radical (unpaired) electrons. The van der Waals surface area contributed by atoms with Crippen LogP contribution in [0.1, 0.15) is 23.6 Å². The molecule has 5 nitrogen and oxygen atoms in total. The number of nitrogens with one attached hydrogen (secondary N) is 2. The van der Waals surface area contributed by atoms with Crippen molar-refractivity contribution in [2.24, 2.45) is 4.99 Å². The number of rotatable bonds is 9. The summed E-state index contributed by atoms with van der Waals surface area (Å²) in [5, 5.41) is 6.90. The van der Waals surface area contributed by atoms with E-state index in [9.17, 15) is 13.2 Å². The Morgan fingerprint density at radius 1 is 1.07 bits per heavy atom. The minimum atomic E-state index is -4.31. The molecule has 0 aliphatic rings. The lowest BCUT2D eigenvalue weighted by atomic mass is 10.1. The van der Waals surface area contributed by atoms with E-state index in [0.717, 1.165) is 24.1 Å². The number of ether oxygens (including phenoxy) is 1. The lowest BCUT2D eigenvalue weighted by Crippen LogP contribution is -2.38. The highest BCUT2D eigenvalue weighted by Gasteiger charge is 2.27. The van der Waals surface area contributed by atoms with Crippen LogP contribution in [-0.4, -0.2) is 36.8 Å². The average Bonchev–Trinajstić information content (AvgIpc) is 2.68. The Bertz CT molecular complexity index is 771. The molecule has 2 aromatic rings. The van der Waals surface area contributed by atoms with Crippen molar-refractivity contribution in [1.29, 1.82) is 0 Å². The van der Waals surface area contributed by atoms with Crippen LogP contribution >= 0.6 is 35.6 Å². The second kappa shape index (κ2) is 13.7. The fourth-order valence-electron chi connectivity index (χ4n) is 2.42. The van der Waals surface area contributed by atoms with Gasteiger partial charge in [0.1, 0.15) is 11.8 Å². The van der Waals surface area contributed by atoms with Crippen LogP contribution in [0.25, 0.3) is 0 Å². The molecule has 0 aliphatic carbocycles. The van der Waals surface area contributed by atoms with E-state index in [4.69, 9.17) is 11.6 Å². The molecule has 30 heavy (non-hydrogen) atoms. The zero-order chi connectivity index (χ0) is 21.1. The van der Waals surface area contributed by atoms with Gasteiger partial charge in [-0.05, 0) is 36.1 Å². The van der Waals surface area contributed by atoms with Crippen molar-refractivity contribution in [3.05, 3.63) is 64.4 Å². The molecule has 0 bridgehead atoms. The van der Waals surface area contributed by atoms with Crippen molar-refractivity contribution >= 4 is 41.5 Å². The number of halogens is 5. The molecular formula is C20H25ClF3IN4O. The predicted octanol–water partition coefficient (Wildman–Crippen LogP) is 4.73. The van der Waals surface area contributed by atoms with Crippen LogP contribution in [0, 0.1) is 0 Å².